The van der Waals surface area contributed by atoms with Crippen LogP contribution in [0.5, 0.6) is 5.75 Å². The summed E-state index contributed by atoms with van der Waals surface area (Å²) >= 11 is 0. The highest BCUT2D eigenvalue weighted by atomic mass is 16.3. The molecular formula is C16H19NO. The maximum Gasteiger partial charge on any atom is 0.115 e. The van der Waals surface area contributed by atoms with E-state index in [0.29, 0.717) is 5.75 Å². The lowest BCUT2D eigenvalue weighted by Gasteiger charge is -2.12. The van der Waals surface area contributed by atoms with Crippen LogP contribution < -0.4 is 5.73 Å². The Kier molecular flexibility index (Phi) is 4.00. The van der Waals surface area contributed by atoms with E-state index in [4.69, 9.17) is 5.73 Å². The summed E-state index contributed by atoms with van der Waals surface area (Å²) < 4.78 is 0. The number of nitrogens with two attached hydrogens (primary N) is 1. The molecule has 3 N–H and O–H groups in total. The number of aryl methyl sites for hydroxylation is 1. The molecule has 0 aliphatic heterocycles. The normalized spacial score (nSPS) is 12.3. The van der Waals surface area contributed by atoms with Crippen LogP contribution in [0, 0.1) is 6.92 Å². The van der Waals surface area contributed by atoms with Crippen LogP contribution >= 0.6 is 0 Å². The second-order valence-corrected chi connectivity index (χ2v) is 4.82. The smallest absolute Gasteiger partial charge is 0.115 e. The fourth-order valence-corrected chi connectivity index (χ4v) is 2.09. The van der Waals surface area contributed by atoms with Gasteiger partial charge in [-0.15, -0.1) is 0 Å². The molecule has 18 heavy (non-hydrogen) atoms. The van der Waals surface area contributed by atoms with E-state index >= 15 is 0 Å². The van der Waals surface area contributed by atoms with Gasteiger partial charge in [0.15, 0.2) is 0 Å². The number of hydrogen-bond acceptors (Lipinski definition) is 2. The van der Waals surface area contributed by atoms with Crippen LogP contribution in [0.15, 0.2) is 48.5 Å². The Labute approximate surface area is 108 Å². The van der Waals surface area contributed by atoms with E-state index in [1.807, 2.05) is 12.1 Å². The molecule has 0 aliphatic rings. The van der Waals surface area contributed by atoms with Crippen molar-refractivity contribution < 1.29 is 5.11 Å². The summed E-state index contributed by atoms with van der Waals surface area (Å²) in [6.45, 7) is 2.08. The van der Waals surface area contributed by atoms with E-state index < -0.39 is 0 Å². The lowest BCUT2D eigenvalue weighted by Crippen LogP contribution is -2.25. The van der Waals surface area contributed by atoms with E-state index in [9.17, 15) is 5.11 Å². The van der Waals surface area contributed by atoms with Crippen molar-refractivity contribution in [2.75, 3.05) is 0 Å². The topological polar surface area (TPSA) is 46.2 Å². The van der Waals surface area contributed by atoms with Crippen LogP contribution in [-0.2, 0) is 12.8 Å². The molecular weight excluding hydrogens is 222 g/mol. The second-order valence-electron chi connectivity index (χ2n) is 4.82. The highest BCUT2D eigenvalue weighted by Gasteiger charge is 2.06. The van der Waals surface area contributed by atoms with Gasteiger partial charge in [0.25, 0.3) is 0 Å². The Morgan fingerprint density at radius 3 is 2.33 bits per heavy atom. The van der Waals surface area contributed by atoms with Crippen molar-refractivity contribution in [2.24, 2.45) is 5.73 Å². The summed E-state index contributed by atoms with van der Waals surface area (Å²) in [5.74, 6) is 0.301. The number of phenols is 1. The zero-order valence-corrected chi connectivity index (χ0v) is 10.6. The monoisotopic (exact) mass is 241 g/mol. The van der Waals surface area contributed by atoms with Crippen LogP contribution in [0.3, 0.4) is 0 Å². The van der Waals surface area contributed by atoms with Gasteiger partial charge in [0.1, 0.15) is 5.75 Å². The third kappa shape index (κ3) is 3.60. The molecule has 0 radical (unpaired) electrons. The quantitative estimate of drug-likeness (QED) is 0.864. The van der Waals surface area contributed by atoms with Crippen molar-refractivity contribution >= 4 is 0 Å². The molecule has 0 fully saturated rings. The summed E-state index contributed by atoms with van der Waals surface area (Å²) in [4.78, 5) is 0. The van der Waals surface area contributed by atoms with E-state index in [1.54, 1.807) is 12.1 Å². The summed E-state index contributed by atoms with van der Waals surface area (Å²) in [5, 5.41) is 9.41. The Bertz CT molecular complexity index is 505. The summed E-state index contributed by atoms with van der Waals surface area (Å²) in [6.07, 6.45) is 1.64. The van der Waals surface area contributed by atoms with Gasteiger partial charge < -0.3 is 10.8 Å². The molecule has 0 bridgehead atoms. The lowest BCUT2D eigenvalue weighted by molar-refractivity contribution is 0.474. The number of rotatable bonds is 4. The van der Waals surface area contributed by atoms with Crippen molar-refractivity contribution in [3.05, 3.63) is 65.2 Å². The minimum Gasteiger partial charge on any atom is -0.508 e. The molecule has 94 valence electrons. The number of aromatic hydroxyl groups is 1. The molecule has 0 saturated carbocycles. The highest BCUT2D eigenvalue weighted by molar-refractivity contribution is 5.28. The lowest BCUT2D eigenvalue weighted by atomic mass is 9.99. The fraction of sp³-hybridized carbons (Fsp3) is 0.250. The van der Waals surface area contributed by atoms with Gasteiger partial charge in [0, 0.05) is 6.04 Å². The molecule has 1 atom stereocenters. The molecule has 2 aromatic rings. The summed E-state index contributed by atoms with van der Waals surface area (Å²) in [7, 11) is 0. The zero-order valence-electron chi connectivity index (χ0n) is 10.6. The molecule has 2 heteroatoms. The first-order chi connectivity index (χ1) is 8.63. The van der Waals surface area contributed by atoms with E-state index in [0.717, 1.165) is 18.4 Å². The Hall–Kier alpha value is -1.80. The average molecular weight is 241 g/mol. The van der Waals surface area contributed by atoms with Gasteiger partial charge in [0.05, 0.1) is 0 Å². The van der Waals surface area contributed by atoms with Crippen LogP contribution in [0.2, 0.25) is 0 Å². The van der Waals surface area contributed by atoms with Gasteiger partial charge in [0.2, 0.25) is 0 Å². The minimum atomic E-state index is 0.0782. The molecule has 2 aromatic carbocycles. The predicted molar refractivity (Wildman–Crippen MR) is 74.7 cm³/mol. The van der Waals surface area contributed by atoms with E-state index in [-0.39, 0.29) is 6.04 Å². The molecule has 0 aromatic heterocycles. The maximum atomic E-state index is 9.41. The fourth-order valence-electron chi connectivity index (χ4n) is 2.09. The maximum absolute atomic E-state index is 9.41. The molecule has 0 spiro atoms. The van der Waals surface area contributed by atoms with Gasteiger partial charge in [-0.05, 0) is 43.0 Å². The summed E-state index contributed by atoms with van der Waals surface area (Å²) in [5.41, 5.74) is 9.74. The van der Waals surface area contributed by atoms with E-state index in [2.05, 4.69) is 31.2 Å². The molecule has 1 unspecified atom stereocenters. The number of hydrogen-bond donors (Lipinski definition) is 2. The SMILES string of the molecule is Cc1ccc(CC(N)Cc2cccc(O)c2)cc1. The first-order valence-corrected chi connectivity index (χ1v) is 6.22. The molecule has 0 amide bonds. The first-order valence-electron chi connectivity index (χ1n) is 6.22. The third-order valence-electron chi connectivity index (χ3n) is 3.03. The van der Waals surface area contributed by atoms with Crippen LogP contribution in [0.1, 0.15) is 16.7 Å². The predicted octanol–water partition coefficient (Wildman–Crippen LogP) is 2.81. The van der Waals surface area contributed by atoms with Crippen LogP contribution in [0.25, 0.3) is 0 Å². The zero-order chi connectivity index (χ0) is 13.0. The van der Waals surface area contributed by atoms with Crippen LogP contribution in [0.4, 0.5) is 0 Å². The first kappa shape index (κ1) is 12.7. The van der Waals surface area contributed by atoms with Crippen molar-refractivity contribution in [3.8, 4) is 5.75 Å². The molecule has 0 saturated heterocycles. The average Bonchev–Trinajstić information content (AvgIpc) is 2.32. The second kappa shape index (κ2) is 5.69. The molecule has 2 nitrogen and oxygen atoms in total. The van der Waals surface area contributed by atoms with E-state index in [1.165, 1.54) is 11.1 Å². The van der Waals surface area contributed by atoms with Crippen molar-refractivity contribution in [1.82, 2.24) is 0 Å². The summed E-state index contributed by atoms with van der Waals surface area (Å²) in [6, 6.07) is 15.8. The standard InChI is InChI=1S/C16H19NO/c1-12-5-7-13(8-6-12)9-15(17)10-14-3-2-4-16(18)11-14/h2-8,11,15,18H,9-10,17H2,1H3. The number of benzene rings is 2. The molecule has 2 rings (SSSR count). The van der Waals surface area contributed by atoms with Gasteiger partial charge >= 0.3 is 0 Å². The van der Waals surface area contributed by atoms with Gasteiger partial charge in [-0.2, -0.15) is 0 Å². The van der Waals surface area contributed by atoms with Gasteiger partial charge in [-0.25, -0.2) is 0 Å². The molecule has 0 aliphatic carbocycles. The molecule has 0 heterocycles. The van der Waals surface area contributed by atoms with Crippen molar-refractivity contribution in [2.45, 2.75) is 25.8 Å². The Balaban J connectivity index is 1.96. The highest BCUT2D eigenvalue weighted by Crippen LogP contribution is 2.14. The van der Waals surface area contributed by atoms with Crippen molar-refractivity contribution in [1.29, 1.82) is 0 Å². The third-order valence-corrected chi connectivity index (χ3v) is 3.03. The van der Waals surface area contributed by atoms with Gasteiger partial charge in [-0.1, -0.05) is 42.0 Å². The van der Waals surface area contributed by atoms with Crippen molar-refractivity contribution in [3.63, 3.8) is 0 Å². The number of phenolic OH excluding ortho intramolecular Hbond substituents is 1. The Morgan fingerprint density at radius 1 is 1.00 bits per heavy atom. The van der Waals surface area contributed by atoms with Crippen LogP contribution in [-0.4, -0.2) is 11.1 Å². The Morgan fingerprint density at radius 2 is 1.67 bits per heavy atom. The van der Waals surface area contributed by atoms with Gasteiger partial charge in [-0.3, -0.25) is 0 Å². The largest absolute Gasteiger partial charge is 0.508 e. The minimum absolute atomic E-state index is 0.0782.